The van der Waals surface area contributed by atoms with Gasteiger partial charge < -0.3 is 15.7 Å². The Balaban J connectivity index is 0.000000303. The Kier molecular flexibility index (Phi) is 17.5. The van der Waals surface area contributed by atoms with E-state index in [-0.39, 0.29) is 53.3 Å². The number of anilines is 2. The number of carbonyl (C=O) groups excluding carboxylic acids is 1. The van der Waals surface area contributed by atoms with Crippen molar-refractivity contribution in [2.45, 2.75) is 61.4 Å². The average molecular weight is 906 g/mol. The molecule has 2 aliphatic rings. The predicted octanol–water partition coefficient (Wildman–Crippen LogP) is 7.19. The number of likely N-dealkylation sites (N-methyl/N-ethyl adjacent to an activating group) is 2. The number of nitrogens with one attached hydrogen (secondary N) is 4. The molecule has 0 aromatic heterocycles. The van der Waals surface area contributed by atoms with Gasteiger partial charge in [-0.3, -0.25) is 19.9 Å². The molecule has 2 heterocycles. The Bertz CT molecular complexity index is 2070. The summed E-state index contributed by atoms with van der Waals surface area (Å²) in [5, 5.41) is 26.0. The number of para-hydroxylation sites is 1. The number of benzene rings is 3. The fraction of sp³-hybridized carbons (Fsp3) is 0.424. The van der Waals surface area contributed by atoms with Gasteiger partial charge >= 0.3 is 6.03 Å². The Morgan fingerprint density at radius 1 is 0.782 bits per heavy atom. The maximum Gasteiger partial charge on any atom is 0.323 e. The minimum Gasteiger partial charge on any atom is -0.504 e. The summed E-state index contributed by atoms with van der Waals surface area (Å²) >= 11 is 23.9. The van der Waals surface area contributed by atoms with Crippen molar-refractivity contribution in [1.29, 1.82) is 0 Å². The fourth-order valence-corrected chi connectivity index (χ4v) is 10.4. The fourth-order valence-electron chi connectivity index (χ4n) is 6.29. The number of hydrogen-bond acceptors (Lipinski definition) is 10. The van der Waals surface area contributed by atoms with Crippen molar-refractivity contribution in [3.63, 3.8) is 0 Å². The van der Waals surface area contributed by atoms with Crippen molar-refractivity contribution in [2.24, 2.45) is 0 Å². The van der Waals surface area contributed by atoms with Crippen LogP contribution in [0.3, 0.4) is 0 Å². The molecule has 0 spiro atoms. The second-order valence-electron chi connectivity index (χ2n) is 12.4. The quantitative estimate of drug-likeness (QED) is 0.0664. The van der Waals surface area contributed by atoms with Crippen LogP contribution in [0.1, 0.15) is 39.5 Å². The summed E-state index contributed by atoms with van der Waals surface area (Å²) < 4.78 is 55.7. The summed E-state index contributed by atoms with van der Waals surface area (Å²) in [5.74, 6) is -0.645. The van der Waals surface area contributed by atoms with Crippen LogP contribution in [0.2, 0.25) is 20.1 Å². The molecule has 2 amide bonds. The number of amides is 2. The van der Waals surface area contributed by atoms with Crippen molar-refractivity contribution in [1.82, 2.24) is 19.2 Å². The summed E-state index contributed by atoms with van der Waals surface area (Å²) in [5.41, 5.74) is -0.237. The molecule has 2 atom stereocenters. The summed E-state index contributed by atoms with van der Waals surface area (Å²) in [7, 11) is -8.16. The van der Waals surface area contributed by atoms with E-state index in [1.165, 1.54) is 12.1 Å². The molecule has 5 N–H and O–H groups in total. The topological polar surface area (TPSA) is 203 Å². The maximum atomic E-state index is 12.9. The van der Waals surface area contributed by atoms with E-state index >= 15 is 0 Å². The lowest BCUT2D eigenvalue weighted by Gasteiger charge is -2.23. The van der Waals surface area contributed by atoms with E-state index < -0.39 is 57.3 Å². The molecule has 3 aromatic rings. The second-order valence-corrected chi connectivity index (χ2v) is 17.4. The van der Waals surface area contributed by atoms with Gasteiger partial charge in [0.15, 0.2) is 5.75 Å². The van der Waals surface area contributed by atoms with Gasteiger partial charge in [-0.15, -0.1) is 12.4 Å². The number of likely N-dealkylation sites (tertiary alicyclic amines) is 2. The van der Waals surface area contributed by atoms with E-state index in [9.17, 15) is 36.9 Å². The number of nitrogens with zero attached hydrogens (tertiary/aromatic N) is 3. The Morgan fingerprint density at radius 3 is 1.80 bits per heavy atom. The number of carbonyl (C=O) groups is 1. The first-order valence-electron chi connectivity index (χ1n) is 16.9. The minimum absolute atomic E-state index is 0. The molecular weight excluding hydrogens is 864 g/mol. The Labute approximate surface area is 346 Å². The highest BCUT2D eigenvalue weighted by molar-refractivity contribution is 7.90. The average Bonchev–Trinajstić information content (AvgIpc) is 3.78. The molecule has 304 valence electrons. The first-order chi connectivity index (χ1) is 25.5. The smallest absolute Gasteiger partial charge is 0.323 e. The summed E-state index contributed by atoms with van der Waals surface area (Å²) in [6, 6.07) is 11.0. The van der Waals surface area contributed by atoms with Crippen molar-refractivity contribution in [2.75, 3.05) is 49.9 Å². The van der Waals surface area contributed by atoms with Gasteiger partial charge in [0.2, 0.25) is 20.0 Å². The normalized spacial score (nSPS) is 17.6. The third kappa shape index (κ3) is 11.9. The van der Waals surface area contributed by atoms with E-state index in [1.54, 1.807) is 24.3 Å². The summed E-state index contributed by atoms with van der Waals surface area (Å²) in [6.07, 6.45) is 3.80. The van der Waals surface area contributed by atoms with Gasteiger partial charge in [-0.05, 0) is 82.2 Å². The van der Waals surface area contributed by atoms with Crippen LogP contribution in [0.25, 0.3) is 0 Å². The van der Waals surface area contributed by atoms with Gasteiger partial charge in [0.1, 0.15) is 14.8 Å². The van der Waals surface area contributed by atoms with Gasteiger partial charge in [0.25, 0.3) is 5.69 Å². The Morgan fingerprint density at radius 2 is 1.27 bits per heavy atom. The number of rotatable bonds is 13. The molecule has 3 aromatic carbocycles. The number of hydrogen-bond donors (Lipinski definition) is 5. The lowest BCUT2D eigenvalue weighted by Crippen LogP contribution is -2.40. The molecule has 0 bridgehead atoms. The molecule has 0 radical (unpaired) electrons. The van der Waals surface area contributed by atoms with Crippen LogP contribution in [0, 0.1) is 10.1 Å². The van der Waals surface area contributed by atoms with Gasteiger partial charge in [0, 0.05) is 31.2 Å². The highest BCUT2D eigenvalue weighted by Crippen LogP contribution is 2.38. The van der Waals surface area contributed by atoms with Gasteiger partial charge in [-0.25, -0.2) is 31.1 Å². The van der Waals surface area contributed by atoms with E-state index in [1.807, 2.05) is 13.8 Å². The molecule has 5 rings (SSSR count). The van der Waals surface area contributed by atoms with E-state index in [4.69, 9.17) is 46.4 Å². The molecule has 2 aliphatic heterocycles. The number of aromatic hydroxyl groups is 1. The molecule has 15 nitrogen and oxygen atoms in total. The van der Waals surface area contributed by atoms with Crippen LogP contribution in [0.4, 0.5) is 21.9 Å². The van der Waals surface area contributed by atoms with Gasteiger partial charge in [0.05, 0.1) is 31.4 Å². The highest BCUT2D eigenvalue weighted by Gasteiger charge is 2.31. The lowest BCUT2D eigenvalue weighted by atomic mass is 10.2. The van der Waals surface area contributed by atoms with Crippen molar-refractivity contribution in [3.8, 4) is 5.75 Å². The first kappa shape index (κ1) is 46.7. The van der Waals surface area contributed by atoms with Crippen LogP contribution < -0.4 is 20.1 Å². The number of sulfonamides is 2. The molecule has 55 heavy (non-hydrogen) atoms. The molecule has 2 saturated heterocycles. The number of phenolic OH excluding ortho intramolecular Hbond substituents is 1. The molecule has 2 fully saturated rings. The van der Waals surface area contributed by atoms with Crippen LogP contribution in [0.15, 0.2) is 58.3 Å². The highest BCUT2D eigenvalue weighted by atomic mass is 35.5. The van der Waals surface area contributed by atoms with Crippen LogP contribution in [-0.2, 0) is 20.0 Å². The van der Waals surface area contributed by atoms with Crippen molar-refractivity contribution >= 4 is 102 Å². The zero-order chi connectivity index (χ0) is 39.8. The largest absolute Gasteiger partial charge is 0.504 e. The molecule has 0 saturated carbocycles. The number of nitro benzene ring substituents is 1. The van der Waals surface area contributed by atoms with E-state index in [2.05, 4.69) is 29.9 Å². The van der Waals surface area contributed by atoms with Crippen molar-refractivity contribution in [3.05, 3.63) is 78.7 Å². The number of urea groups is 1. The van der Waals surface area contributed by atoms with Crippen LogP contribution in [0.5, 0.6) is 5.75 Å². The maximum absolute atomic E-state index is 12.9. The molecule has 22 heteroatoms. The second kappa shape index (κ2) is 20.7. The first-order valence-corrected chi connectivity index (χ1v) is 21.4. The Hall–Kier alpha value is -2.68. The zero-order valence-electron chi connectivity index (χ0n) is 29.7. The standard InChI is InChI=1S/C20H24Cl2N4O4S.C13H17Cl2N3O4S.ClH/c1-2-26-11-5-6-13(26)12-23-31(29,30)19-15(22)9-10-17(18(19)27)25-20(28)24-16-8-4-3-7-14(16)21;1-2-17-7-3-4-9(17)8-16-23(21,22)13-10(14)5-6-11(12(13)15)18(19)20;/h3-4,7-10,13,23,27H,2,5-6,11-12H2,1H3,(H2,24,25,28);5-6,9,16H,2-4,7-8H2,1H3;1H. The number of halogens is 5. The van der Waals surface area contributed by atoms with Crippen molar-refractivity contribution < 1.29 is 31.7 Å². The molecule has 0 aliphatic carbocycles. The van der Waals surface area contributed by atoms with Gasteiger partial charge in [-0.1, -0.05) is 72.4 Å². The third-order valence-electron chi connectivity index (χ3n) is 9.04. The number of nitro groups is 1. The van der Waals surface area contributed by atoms with E-state index in [0.717, 1.165) is 64.0 Å². The SMILES string of the molecule is CCN1CCCC1CNS(=O)(=O)c1c(Cl)ccc(NC(=O)Nc2ccccc2Cl)c1O.CCN1CCCC1CNS(=O)(=O)c1c(Cl)ccc([N+](=O)[O-])c1Cl.Cl. The number of phenols is 1. The van der Waals surface area contributed by atoms with Crippen LogP contribution >= 0.6 is 58.8 Å². The predicted molar refractivity (Wildman–Crippen MR) is 218 cm³/mol. The van der Waals surface area contributed by atoms with Gasteiger partial charge in [-0.2, -0.15) is 0 Å². The van der Waals surface area contributed by atoms with E-state index in [0.29, 0.717) is 10.7 Å². The molecular formula is C33H42Cl5N7O8S2. The van der Waals surface area contributed by atoms with Crippen LogP contribution in [-0.4, -0.2) is 94.0 Å². The third-order valence-corrected chi connectivity index (χ3v) is 13.7. The summed E-state index contributed by atoms with van der Waals surface area (Å²) in [6.45, 7) is 7.99. The minimum atomic E-state index is -4.12. The lowest BCUT2D eigenvalue weighted by molar-refractivity contribution is -0.384. The molecule has 2 unspecified atom stereocenters. The summed E-state index contributed by atoms with van der Waals surface area (Å²) in [4.78, 5) is 25.9. The monoisotopic (exact) mass is 903 g/mol. The zero-order valence-corrected chi connectivity index (χ0v) is 35.2.